The first-order valence-electron chi connectivity index (χ1n) is 6.26. The Morgan fingerprint density at radius 1 is 1.22 bits per heavy atom. The van der Waals surface area contributed by atoms with Gasteiger partial charge in [-0.2, -0.15) is 0 Å². The average molecular weight is 314 g/mol. The van der Waals surface area contributed by atoms with Crippen LogP contribution >= 0.6 is 15.9 Å². The number of hydrogen-bond donors (Lipinski definition) is 1. The molecule has 0 bridgehead atoms. The van der Waals surface area contributed by atoms with Crippen molar-refractivity contribution >= 4 is 15.9 Å². The molecule has 1 saturated carbocycles. The molecular weight excluding hydrogens is 294 g/mol. The largest absolute Gasteiger partial charge is 0.495 e. The molecule has 1 aliphatic rings. The Morgan fingerprint density at radius 2 is 1.94 bits per heavy atom. The normalized spacial score (nSPS) is 27.3. The van der Waals surface area contributed by atoms with Crippen LogP contribution in [0.4, 0.5) is 0 Å². The van der Waals surface area contributed by atoms with Gasteiger partial charge in [-0.1, -0.05) is 13.0 Å². The summed E-state index contributed by atoms with van der Waals surface area (Å²) in [6.45, 7) is 2.22. The molecule has 0 amide bonds. The summed E-state index contributed by atoms with van der Waals surface area (Å²) in [7, 11) is 3.36. The highest BCUT2D eigenvalue weighted by molar-refractivity contribution is 9.10. The van der Waals surface area contributed by atoms with E-state index in [1.807, 2.05) is 6.07 Å². The highest BCUT2D eigenvalue weighted by Crippen LogP contribution is 2.46. The standard InChI is InChI=1S/C14H20BrNO2/c1-8-9(4-6-11(8)16)10-5-7-12(17-2)13(15)14(10)18-3/h5,7-9,11H,4,6,16H2,1-3H3. The summed E-state index contributed by atoms with van der Waals surface area (Å²) in [4.78, 5) is 0. The van der Waals surface area contributed by atoms with Crippen molar-refractivity contribution in [1.29, 1.82) is 0 Å². The Morgan fingerprint density at radius 3 is 2.44 bits per heavy atom. The number of benzene rings is 1. The molecule has 0 heterocycles. The van der Waals surface area contributed by atoms with E-state index in [1.165, 1.54) is 5.56 Å². The van der Waals surface area contributed by atoms with E-state index in [0.717, 1.165) is 28.8 Å². The van der Waals surface area contributed by atoms with Gasteiger partial charge in [0.25, 0.3) is 0 Å². The summed E-state index contributed by atoms with van der Waals surface area (Å²) in [6.07, 6.45) is 2.20. The van der Waals surface area contributed by atoms with Gasteiger partial charge in [0.05, 0.1) is 14.2 Å². The van der Waals surface area contributed by atoms with Crippen molar-refractivity contribution < 1.29 is 9.47 Å². The van der Waals surface area contributed by atoms with Crippen molar-refractivity contribution in [2.24, 2.45) is 11.7 Å². The van der Waals surface area contributed by atoms with Crippen molar-refractivity contribution in [2.45, 2.75) is 31.7 Å². The lowest BCUT2D eigenvalue weighted by Crippen LogP contribution is -2.24. The molecule has 100 valence electrons. The van der Waals surface area contributed by atoms with Crippen molar-refractivity contribution in [1.82, 2.24) is 0 Å². The second-order valence-electron chi connectivity index (χ2n) is 4.91. The monoisotopic (exact) mass is 313 g/mol. The van der Waals surface area contributed by atoms with Gasteiger partial charge in [0.1, 0.15) is 16.0 Å². The first kappa shape index (κ1) is 13.7. The summed E-state index contributed by atoms with van der Waals surface area (Å²) < 4.78 is 11.7. The Balaban J connectivity index is 2.42. The molecule has 1 aliphatic carbocycles. The third-order valence-corrected chi connectivity index (χ3v) is 4.79. The van der Waals surface area contributed by atoms with E-state index < -0.39 is 0 Å². The van der Waals surface area contributed by atoms with Crippen molar-refractivity contribution in [3.05, 3.63) is 22.2 Å². The van der Waals surface area contributed by atoms with Gasteiger partial charge in [-0.15, -0.1) is 0 Å². The number of nitrogens with two attached hydrogens (primary N) is 1. The Kier molecular flexibility index (Phi) is 4.17. The molecule has 1 aromatic rings. The highest BCUT2D eigenvalue weighted by Gasteiger charge is 2.33. The predicted molar refractivity (Wildman–Crippen MR) is 76.4 cm³/mol. The third-order valence-electron chi connectivity index (χ3n) is 4.04. The number of hydrogen-bond acceptors (Lipinski definition) is 3. The van der Waals surface area contributed by atoms with Crippen LogP contribution in [0.25, 0.3) is 0 Å². The summed E-state index contributed by atoms with van der Waals surface area (Å²) in [5.74, 6) is 2.63. The second kappa shape index (κ2) is 5.49. The number of ether oxygens (including phenoxy) is 2. The Bertz CT molecular complexity index is 436. The molecular formula is C14H20BrNO2. The van der Waals surface area contributed by atoms with Crippen LogP contribution in [-0.4, -0.2) is 20.3 Å². The molecule has 3 atom stereocenters. The molecule has 2 rings (SSSR count). The first-order valence-corrected chi connectivity index (χ1v) is 7.05. The summed E-state index contributed by atoms with van der Waals surface area (Å²) in [6, 6.07) is 4.38. The van der Waals surface area contributed by atoms with Crippen molar-refractivity contribution in [2.75, 3.05) is 14.2 Å². The highest BCUT2D eigenvalue weighted by atomic mass is 79.9. The van der Waals surface area contributed by atoms with Crippen molar-refractivity contribution in [3.63, 3.8) is 0 Å². The van der Waals surface area contributed by atoms with E-state index in [0.29, 0.717) is 17.9 Å². The Labute approximate surface area is 117 Å². The Hall–Kier alpha value is -0.740. The summed E-state index contributed by atoms with van der Waals surface area (Å²) in [5.41, 5.74) is 7.34. The first-order chi connectivity index (χ1) is 8.60. The van der Waals surface area contributed by atoms with E-state index in [4.69, 9.17) is 15.2 Å². The van der Waals surface area contributed by atoms with Gasteiger partial charge in [-0.3, -0.25) is 0 Å². The van der Waals surface area contributed by atoms with Gasteiger partial charge in [-0.25, -0.2) is 0 Å². The van der Waals surface area contributed by atoms with Crippen LogP contribution in [-0.2, 0) is 0 Å². The second-order valence-corrected chi connectivity index (χ2v) is 5.70. The fourth-order valence-electron chi connectivity index (χ4n) is 2.84. The van der Waals surface area contributed by atoms with Gasteiger partial charge >= 0.3 is 0 Å². The molecule has 3 unspecified atom stereocenters. The molecule has 0 aromatic heterocycles. The van der Waals surface area contributed by atoms with Crippen LogP contribution in [0.2, 0.25) is 0 Å². The van der Waals surface area contributed by atoms with E-state index >= 15 is 0 Å². The molecule has 0 saturated heterocycles. The van der Waals surface area contributed by atoms with Gasteiger partial charge in [0, 0.05) is 6.04 Å². The van der Waals surface area contributed by atoms with Crippen molar-refractivity contribution in [3.8, 4) is 11.5 Å². The summed E-state index contributed by atoms with van der Waals surface area (Å²) >= 11 is 3.55. The topological polar surface area (TPSA) is 44.5 Å². The average Bonchev–Trinajstić information content (AvgIpc) is 2.69. The molecule has 2 N–H and O–H groups in total. The number of methoxy groups -OCH3 is 2. The fourth-order valence-corrected chi connectivity index (χ4v) is 3.53. The number of rotatable bonds is 3. The maximum atomic E-state index is 6.11. The maximum absolute atomic E-state index is 6.11. The summed E-state index contributed by atoms with van der Waals surface area (Å²) in [5, 5.41) is 0. The van der Waals surface area contributed by atoms with Gasteiger partial charge in [-0.05, 0) is 52.2 Å². The van der Waals surface area contributed by atoms with E-state index in [-0.39, 0.29) is 0 Å². The maximum Gasteiger partial charge on any atom is 0.140 e. The molecule has 3 nitrogen and oxygen atoms in total. The van der Waals surface area contributed by atoms with Crippen LogP contribution in [0, 0.1) is 5.92 Å². The smallest absolute Gasteiger partial charge is 0.140 e. The fraction of sp³-hybridized carbons (Fsp3) is 0.571. The van der Waals surface area contributed by atoms with Crippen LogP contribution in [0.3, 0.4) is 0 Å². The quantitative estimate of drug-likeness (QED) is 0.931. The lowest BCUT2D eigenvalue weighted by Gasteiger charge is -2.22. The lowest BCUT2D eigenvalue weighted by atomic mass is 9.88. The van der Waals surface area contributed by atoms with Crippen LogP contribution in [0.5, 0.6) is 11.5 Å². The molecule has 0 aliphatic heterocycles. The van der Waals surface area contributed by atoms with Crippen LogP contribution < -0.4 is 15.2 Å². The third kappa shape index (κ3) is 2.24. The lowest BCUT2D eigenvalue weighted by molar-refractivity contribution is 0.377. The van der Waals surface area contributed by atoms with Gasteiger partial charge in [0.2, 0.25) is 0 Å². The van der Waals surface area contributed by atoms with E-state index in [2.05, 4.69) is 28.9 Å². The van der Waals surface area contributed by atoms with Gasteiger partial charge in [0.15, 0.2) is 0 Å². The zero-order valence-electron chi connectivity index (χ0n) is 11.1. The zero-order valence-corrected chi connectivity index (χ0v) is 12.7. The SMILES string of the molecule is COc1ccc(C2CCC(N)C2C)c(OC)c1Br. The molecule has 1 fully saturated rings. The van der Waals surface area contributed by atoms with Gasteiger partial charge < -0.3 is 15.2 Å². The molecule has 4 heteroatoms. The number of halogens is 1. The molecule has 18 heavy (non-hydrogen) atoms. The van der Waals surface area contributed by atoms with E-state index in [9.17, 15) is 0 Å². The minimum Gasteiger partial charge on any atom is -0.495 e. The van der Waals surface area contributed by atoms with E-state index in [1.54, 1.807) is 14.2 Å². The molecule has 0 spiro atoms. The minimum atomic E-state index is 0.292. The van der Waals surface area contributed by atoms with Crippen LogP contribution in [0.1, 0.15) is 31.2 Å². The minimum absolute atomic E-state index is 0.292. The molecule has 0 radical (unpaired) electrons. The van der Waals surface area contributed by atoms with Crippen LogP contribution in [0.15, 0.2) is 16.6 Å². The zero-order chi connectivity index (χ0) is 13.3. The molecule has 1 aromatic carbocycles. The predicted octanol–water partition coefficient (Wildman–Crippen LogP) is 3.31.